The van der Waals surface area contributed by atoms with Crippen LogP contribution in [0.5, 0.6) is 17.2 Å². The monoisotopic (exact) mass is 457 g/mol. The first kappa shape index (κ1) is 26.3. The van der Waals surface area contributed by atoms with Crippen molar-refractivity contribution >= 4 is 34.6 Å². The van der Waals surface area contributed by atoms with Crippen LogP contribution in [0.2, 0.25) is 0 Å². The van der Waals surface area contributed by atoms with Crippen LogP contribution in [0.3, 0.4) is 0 Å². The lowest BCUT2D eigenvalue weighted by atomic mass is 10.1. The van der Waals surface area contributed by atoms with Crippen LogP contribution >= 0.6 is 0 Å². The first-order valence-corrected chi connectivity index (χ1v) is 9.22. The summed E-state index contributed by atoms with van der Waals surface area (Å²) >= 11 is 0. The number of carboxylic acid groups (broad SMARTS) is 2. The molecule has 6 N–H and O–H groups in total. The standard InChI is InChI=1S/C17H23N3O5.C2H2O4.H2O/c1-19(17(18)21)12-13(22-2)11-5-9-24-14(11)16(23-3)15(12)25-10-8-20-6-4-7-20;3-1(4)2(5)6;/h5,9H,4,6-8,10H2,1-3H3,(H2,18,21);(H,3,4)(H,5,6);1H2. The third-order valence-corrected chi connectivity index (χ3v) is 4.61. The molecule has 2 heterocycles. The number of aliphatic carboxylic acids is 2. The second kappa shape index (κ2) is 11.6. The highest BCUT2D eigenvalue weighted by molar-refractivity contribution is 6.27. The summed E-state index contributed by atoms with van der Waals surface area (Å²) in [5.41, 5.74) is 6.40. The van der Waals surface area contributed by atoms with Crippen LogP contribution in [0.15, 0.2) is 16.7 Å². The van der Waals surface area contributed by atoms with E-state index in [-0.39, 0.29) is 5.48 Å². The van der Waals surface area contributed by atoms with Gasteiger partial charge in [0.15, 0.2) is 17.1 Å². The Morgan fingerprint density at radius 3 is 2.16 bits per heavy atom. The van der Waals surface area contributed by atoms with E-state index in [1.54, 1.807) is 13.1 Å². The maximum absolute atomic E-state index is 11.8. The fourth-order valence-corrected chi connectivity index (χ4v) is 2.93. The van der Waals surface area contributed by atoms with Gasteiger partial charge in [0.05, 0.1) is 25.9 Å². The molecule has 1 fully saturated rings. The molecule has 1 aliphatic heterocycles. The summed E-state index contributed by atoms with van der Waals surface area (Å²) in [6.07, 6.45) is 2.75. The minimum absolute atomic E-state index is 0. The Balaban J connectivity index is 0.000000648. The number of likely N-dealkylation sites (tertiary alicyclic amines) is 1. The lowest BCUT2D eigenvalue weighted by Gasteiger charge is -2.31. The average Bonchev–Trinajstić information content (AvgIpc) is 3.17. The molecule has 1 saturated heterocycles. The van der Waals surface area contributed by atoms with Crippen molar-refractivity contribution in [2.75, 3.05) is 52.4 Å². The van der Waals surface area contributed by atoms with Gasteiger partial charge in [-0.1, -0.05) is 0 Å². The van der Waals surface area contributed by atoms with Gasteiger partial charge < -0.3 is 40.1 Å². The molecule has 0 aliphatic carbocycles. The largest absolute Gasteiger partial charge is 0.494 e. The molecule has 0 radical (unpaired) electrons. The lowest BCUT2D eigenvalue weighted by Crippen LogP contribution is -2.39. The third kappa shape index (κ3) is 5.70. The summed E-state index contributed by atoms with van der Waals surface area (Å²) in [6, 6.07) is 1.12. The number of hydrogen-bond acceptors (Lipinski definition) is 8. The molecule has 1 aromatic carbocycles. The molecular weight excluding hydrogens is 430 g/mol. The molecule has 32 heavy (non-hydrogen) atoms. The van der Waals surface area contributed by atoms with E-state index in [1.165, 1.54) is 31.8 Å². The molecule has 0 saturated carbocycles. The molecule has 0 atom stereocenters. The average molecular weight is 457 g/mol. The van der Waals surface area contributed by atoms with Gasteiger partial charge in [0, 0.05) is 13.6 Å². The number of furan rings is 1. The molecule has 13 heteroatoms. The van der Waals surface area contributed by atoms with Gasteiger partial charge in [-0.05, 0) is 25.6 Å². The van der Waals surface area contributed by atoms with Crippen molar-refractivity contribution in [3.8, 4) is 17.2 Å². The van der Waals surface area contributed by atoms with Crippen molar-refractivity contribution < 1.29 is 48.7 Å². The highest BCUT2D eigenvalue weighted by atomic mass is 16.5. The maximum Gasteiger partial charge on any atom is 0.414 e. The zero-order valence-corrected chi connectivity index (χ0v) is 17.9. The fourth-order valence-electron chi connectivity index (χ4n) is 2.93. The van der Waals surface area contributed by atoms with Gasteiger partial charge in [0.2, 0.25) is 5.75 Å². The quantitative estimate of drug-likeness (QED) is 0.489. The predicted molar refractivity (Wildman–Crippen MR) is 113 cm³/mol. The number of carboxylic acids is 2. The fraction of sp³-hybridized carbons (Fsp3) is 0.421. The predicted octanol–water partition coefficient (Wildman–Crippen LogP) is 0.380. The zero-order chi connectivity index (χ0) is 23.1. The summed E-state index contributed by atoms with van der Waals surface area (Å²) in [4.78, 5) is 33.6. The molecule has 3 rings (SSSR count). The number of methoxy groups -OCH3 is 2. The Morgan fingerprint density at radius 2 is 1.72 bits per heavy atom. The summed E-state index contributed by atoms with van der Waals surface area (Å²) in [7, 11) is 4.62. The van der Waals surface area contributed by atoms with Crippen LogP contribution < -0.4 is 24.8 Å². The van der Waals surface area contributed by atoms with Gasteiger partial charge in [-0.2, -0.15) is 0 Å². The van der Waals surface area contributed by atoms with Crippen molar-refractivity contribution in [2.24, 2.45) is 5.73 Å². The Labute approximate surface area is 183 Å². The van der Waals surface area contributed by atoms with Gasteiger partial charge in [-0.3, -0.25) is 9.80 Å². The van der Waals surface area contributed by atoms with E-state index in [2.05, 4.69) is 4.90 Å². The minimum atomic E-state index is -1.82. The second-order valence-electron chi connectivity index (χ2n) is 6.46. The maximum atomic E-state index is 11.8. The van der Waals surface area contributed by atoms with Gasteiger partial charge in [0.1, 0.15) is 12.3 Å². The number of amides is 2. The Bertz CT molecular complexity index is 942. The van der Waals surface area contributed by atoms with Crippen LogP contribution in [0.25, 0.3) is 11.0 Å². The molecule has 178 valence electrons. The number of ether oxygens (including phenoxy) is 3. The third-order valence-electron chi connectivity index (χ3n) is 4.61. The van der Waals surface area contributed by atoms with Gasteiger partial charge in [-0.25, -0.2) is 14.4 Å². The van der Waals surface area contributed by atoms with E-state index in [0.29, 0.717) is 40.5 Å². The number of nitrogens with two attached hydrogens (primary N) is 1. The molecule has 0 bridgehead atoms. The van der Waals surface area contributed by atoms with E-state index < -0.39 is 18.0 Å². The van der Waals surface area contributed by atoms with E-state index in [9.17, 15) is 4.79 Å². The van der Waals surface area contributed by atoms with Crippen LogP contribution in [0.4, 0.5) is 10.5 Å². The first-order valence-electron chi connectivity index (χ1n) is 9.22. The van der Waals surface area contributed by atoms with Gasteiger partial charge in [-0.15, -0.1) is 0 Å². The van der Waals surface area contributed by atoms with Gasteiger partial charge >= 0.3 is 18.0 Å². The van der Waals surface area contributed by atoms with Crippen molar-refractivity contribution in [1.82, 2.24) is 4.90 Å². The van der Waals surface area contributed by atoms with Crippen LogP contribution in [0, 0.1) is 0 Å². The molecule has 0 spiro atoms. The van der Waals surface area contributed by atoms with Gasteiger partial charge in [0.25, 0.3) is 0 Å². The Morgan fingerprint density at radius 1 is 1.12 bits per heavy atom. The number of primary amides is 1. The molecule has 2 amide bonds. The zero-order valence-electron chi connectivity index (χ0n) is 17.9. The second-order valence-corrected chi connectivity index (χ2v) is 6.46. The number of rotatable bonds is 7. The molecule has 0 unspecified atom stereocenters. The number of fused-ring (bicyclic) bond motifs is 1. The number of urea groups is 1. The number of carbonyl (C=O) groups is 3. The van der Waals surface area contributed by atoms with Crippen LogP contribution in [-0.4, -0.2) is 86.1 Å². The summed E-state index contributed by atoms with van der Waals surface area (Å²) < 4.78 is 22.6. The highest BCUT2D eigenvalue weighted by Crippen LogP contribution is 2.51. The Kier molecular flexibility index (Phi) is 9.56. The molecule has 13 nitrogen and oxygen atoms in total. The summed E-state index contributed by atoms with van der Waals surface area (Å²) in [5.74, 6) is -2.41. The number of carbonyl (C=O) groups excluding carboxylic acids is 1. The van der Waals surface area contributed by atoms with Crippen LogP contribution in [0.1, 0.15) is 6.42 Å². The number of nitrogens with zero attached hydrogens (tertiary/aromatic N) is 2. The lowest BCUT2D eigenvalue weighted by molar-refractivity contribution is -0.159. The van der Waals surface area contributed by atoms with Crippen molar-refractivity contribution in [3.63, 3.8) is 0 Å². The van der Waals surface area contributed by atoms with Crippen molar-refractivity contribution in [3.05, 3.63) is 12.3 Å². The molecular formula is C19H27N3O10. The normalized spacial score (nSPS) is 12.5. The SMILES string of the molecule is COc1c(N(C)C(N)=O)c(OCCN2CCC2)c(OC)c2occc12.O.O=C(O)C(=O)O. The summed E-state index contributed by atoms with van der Waals surface area (Å²) in [5, 5.41) is 15.5. The minimum Gasteiger partial charge on any atom is -0.494 e. The number of benzene rings is 1. The van der Waals surface area contributed by atoms with Crippen molar-refractivity contribution in [1.29, 1.82) is 0 Å². The molecule has 2 aromatic rings. The Hall–Kier alpha value is -3.71. The summed E-state index contributed by atoms with van der Waals surface area (Å²) in [6.45, 7) is 3.40. The number of anilines is 1. The van der Waals surface area contributed by atoms with Crippen molar-refractivity contribution in [2.45, 2.75) is 6.42 Å². The van der Waals surface area contributed by atoms with Crippen LogP contribution in [-0.2, 0) is 9.59 Å². The molecule has 1 aliphatic rings. The number of hydrogen-bond donors (Lipinski definition) is 3. The smallest absolute Gasteiger partial charge is 0.414 e. The molecule has 1 aromatic heterocycles. The van der Waals surface area contributed by atoms with E-state index in [0.717, 1.165) is 19.6 Å². The van der Waals surface area contributed by atoms with E-state index in [1.807, 2.05) is 0 Å². The van der Waals surface area contributed by atoms with E-state index >= 15 is 0 Å². The highest BCUT2D eigenvalue weighted by Gasteiger charge is 2.29. The first-order chi connectivity index (χ1) is 14.7. The topological polar surface area (TPSA) is 196 Å². The van der Waals surface area contributed by atoms with E-state index in [4.69, 9.17) is 44.2 Å².